The number of amides is 2. The summed E-state index contributed by atoms with van der Waals surface area (Å²) in [6, 6.07) is 32.7. The van der Waals surface area contributed by atoms with E-state index < -0.39 is 20.2 Å². The fraction of sp³-hybridized carbons (Fsp3) is 0.130. The van der Waals surface area contributed by atoms with Gasteiger partial charge in [0, 0.05) is 59.1 Å². The summed E-state index contributed by atoms with van der Waals surface area (Å²) in [5, 5.41) is 21.5. The van der Waals surface area contributed by atoms with Gasteiger partial charge < -0.3 is 31.2 Å². The first-order valence-corrected chi connectivity index (χ1v) is 22.9. The van der Waals surface area contributed by atoms with Crippen LogP contribution in [0.5, 0.6) is 0 Å². The molecule has 0 atom stereocenters. The molecule has 20 heteroatoms. The van der Waals surface area contributed by atoms with Gasteiger partial charge >= 0.3 is 0 Å². The maximum Gasteiger partial charge on any atom is 0.294 e. The van der Waals surface area contributed by atoms with E-state index in [1.54, 1.807) is 94.3 Å². The number of nitrogens with two attached hydrogens (primary N) is 2. The first-order valence-electron chi connectivity index (χ1n) is 20.0. The first-order chi connectivity index (χ1) is 31.2. The van der Waals surface area contributed by atoms with Crippen LogP contribution in [0.15, 0.2) is 144 Å². The van der Waals surface area contributed by atoms with E-state index in [2.05, 4.69) is 20.6 Å². The lowest BCUT2D eigenvalue weighted by Gasteiger charge is -2.11. The van der Waals surface area contributed by atoms with Crippen LogP contribution in [0.4, 0.5) is 23.0 Å². The number of benzene rings is 5. The molecular weight excluding hydrogens is 885 g/mol. The van der Waals surface area contributed by atoms with Crippen LogP contribution in [0.25, 0.3) is 22.3 Å². The van der Waals surface area contributed by atoms with Crippen molar-refractivity contribution >= 4 is 55.1 Å². The van der Waals surface area contributed by atoms with E-state index in [0.717, 1.165) is 22.3 Å². The van der Waals surface area contributed by atoms with Crippen LogP contribution in [-0.4, -0.2) is 56.9 Å². The Morgan fingerprint density at radius 3 is 1.12 bits per heavy atom. The Balaban J connectivity index is 0.000000301. The summed E-state index contributed by atoms with van der Waals surface area (Å²) < 4.78 is 62.5. The van der Waals surface area contributed by atoms with Gasteiger partial charge in [0.05, 0.1) is 9.79 Å². The number of carbonyl (C=O) groups is 2. The van der Waals surface area contributed by atoms with Crippen molar-refractivity contribution in [2.45, 2.75) is 50.6 Å². The number of hydrogen-bond donors (Lipinski definition) is 8. The van der Waals surface area contributed by atoms with Crippen molar-refractivity contribution in [2.75, 3.05) is 22.1 Å². The van der Waals surface area contributed by atoms with Gasteiger partial charge in [-0.05, 0) is 112 Å². The lowest BCUT2D eigenvalue weighted by atomic mass is 10.1. The van der Waals surface area contributed by atoms with Crippen LogP contribution >= 0.6 is 0 Å². The monoisotopic (exact) mass is 932 g/mol. The molecule has 0 radical (unpaired) electrons. The average Bonchev–Trinajstić information content (AvgIpc) is 3.27. The van der Waals surface area contributed by atoms with Gasteiger partial charge in [0.2, 0.25) is 11.2 Å². The third kappa shape index (κ3) is 13.1. The Labute approximate surface area is 381 Å². The lowest BCUT2D eigenvalue weighted by Crippen LogP contribution is -2.23. The quantitative estimate of drug-likeness (QED) is 0.0676. The number of nitrogens with zero attached hydrogens (tertiary/aromatic N) is 4. The molecule has 5 aromatic carbocycles. The molecule has 342 valence electrons. The highest BCUT2D eigenvalue weighted by Crippen LogP contribution is 2.26. The molecule has 0 aliphatic heterocycles. The number of aromatic nitrogens is 4. The summed E-state index contributed by atoms with van der Waals surface area (Å²) in [5.41, 5.74) is 19.2. The molecular formula is C46H48N10O8S2. The number of nitrogens with one attached hydrogen (secondary N) is 4. The molecule has 0 spiro atoms. The molecule has 0 saturated carbocycles. The van der Waals surface area contributed by atoms with Crippen molar-refractivity contribution in [1.29, 1.82) is 10.8 Å². The van der Waals surface area contributed by atoms with E-state index in [9.17, 15) is 26.4 Å². The largest absolute Gasteiger partial charge is 0.383 e. The standard InChI is InChI=1S/C32H32N10O2.2C7H8O3S/c1-3-41-17-25(27(33)39-31(41)35)19-9-13-23(14-10-19)37-29(43)21-5-7-22(8-6-21)30(44)38-24-15-11-20(12-16-24)26-18-42(4-2)32(36)40-28(26)34;2*1-6-2-4-7(5-3-6)11(8,9)10/h5-18H,3-4H2,1-2H3,(H,37,43)(H,38,44)(H3,33,35,39)(H3,34,36,40);2*2-5H,1H3,(H,8,9,10). The second kappa shape index (κ2) is 21.3. The Bertz CT molecular complexity index is 2980. The number of carbonyl (C=O) groups excluding carboxylic acids is 2. The molecule has 0 unspecified atom stereocenters. The SMILES string of the molecule is CCn1cc(-c2ccc(NC(=O)c3ccc(C(=O)Nc4ccc(-c5cn(CC)c(=N)nc5N)cc4)cc3)cc2)c(N)nc1=N.Cc1ccc(S(=O)(=O)O)cc1.Cc1ccc(S(=O)(=O)O)cc1. The van der Waals surface area contributed by atoms with E-state index in [1.165, 1.54) is 24.3 Å². The molecule has 0 aliphatic carbocycles. The Morgan fingerprint density at radius 2 is 0.848 bits per heavy atom. The molecule has 66 heavy (non-hydrogen) atoms. The molecule has 7 aromatic rings. The zero-order valence-electron chi connectivity index (χ0n) is 36.2. The van der Waals surface area contributed by atoms with Crippen LogP contribution < -0.4 is 33.3 Å². The fourth-order valence-electron chi connectivity index (χ4n) is 6.04. The third-order valence-corrected chi connectivity index (χ3v) is 11.5. The van der Waals surface area contributed by atoms with E-state index in [4.69, 9.17) is 31.4 Å². The molecule has 0 saturated heterocycles. The van der Waals surface area contributed by atoms with Gasteiger partial charge in [0.15, 0.2) is 0 Å². The summed E-state index contributed by atoms with van der Waals surface area (Å²) in [6.07, 6.45) is 3.58. The van der Waals surface area contributed by atoms with Gasteiger partial charge in [-0.15, -0.1) is 0 Å². The van der Waals surface area contributed by atoms with E-state index in [-0.39, 0.29) is 44.5 Å². The summed E-state index contributed by atoms with van der Waals surface area (Å²) >= 11 is 0. The van der Waals surface area contributed by atoms with Crippen molar-refractivity contribution in [3.63, 3.8) is 0 Å². The van der Waals surface area contributed by atoms with Crippen molar-refractivity contribution in [1.82, 2.24) is 19.1 Å². The Morgan fingerprint density at radius 1 is 0.545 bits per heavy atom. The molecule has 10 N–H and O–H groups in total. The van der Waals surface area contributed by atoms with Crippen molar-refractivity contribution in [2.24, 2.45) is 0 Å². The van der Waals surface area contributed by atoms with Gasteiger partial charge in [-0.1, -0.05) is 59.7 Å². The Hall–Kier alpha value is -7.78. The van der Waals surface area contributed by atoms with Crippen LogP contribution in [0.3, 0.4) is 0 Å². The highest BCUT2D eigenvalue weighted by molar-refractivity contribution is 7.86. The van der Waals surface area contributed by atoms with Gasteiger partial charge in [-0.2, -0.15) is 26.8 Å². The topological polar surface area (TPSA) is 302 Å². The van der Waals surface area contributed by atoms with E-state index in [0.29, 0.717) is 46.7 Å². The molecule has 2 aromatic heterocycles. The molecule has 2 amide bonds. The molecule has 0 fully saturated rings. The molecule has 0 bridgehead atoms. The molecule has 2 heterocycles. The molecule has 18 nitrogen and oxygen atoms in total. The lowest BCUT2D eigenvalue weighted by molar-refractivity contribution is 0.101. The first kappa shape index (κ1) is 49.2. The molecule has 7 rings (SSSR count). The van der Waals surface area contributed by atoms with E-state index >= 15 is 0 Å². The van der Waals surface area contributed by atoms with Crippen LogP contribution in [0, 0.1) is 24.7 Å². The van der Waals surface area contributed by atoms with Gasteiger partial charge in [0.25, 0.3) is 32.1 Å². The summed E-state index contributed by atoms with van der Waals surface area (Å²) in [4.78, 5) is 33.8. The van der Waals surface area contributed by atoms with Crippen LogP contribution in [0.1, 0.15) is 45.7 Å². The van der Waals surface area contributed by atoms with Gasteiger partial charge in [0.1, 0.15) is 11.6 Å². The third-order valence-electron chi connectivity index (χ3n) is 9.75. The maximum atomic E-state index is 12.9. The molecule has 0 aliphatic rings. The van der Waals surface area contributed by atoms with Crippen molar-refractivity contribution < 1.29 is 35.5 Å². The number of aryl methyl sites for hydroxylation is 4. The number of hydrogen-bond acceptors (Lipinski definition) is 12. The number of nitrogen functional groups attached to an aromatic ring is 2. The summed E-state index contributed by atoms with van der Waals surface area (Å²) in [6.45, 7) is 8.72. The maximum absolute atomic E-state index is 12.9. The normalized spacial score (nSPS) is 11.0. The highest BCUT2D eigenvalue weighted by Gasteiger charge is 2.13. The highest BCUT2D eigenvalue weighted by atomic mass is 32.2. The zero-order chi connectivity index (χ0) is 48.3. The zero-order valence-corrected chi connectivity index (χ0v) is 37.9. The summed E-state index contributed by atoms with van der Waals surface area (Å²) in [5.74, 6) is -0.108. The average molecular weight is 933 g/mol. The van der Waals surface area contributed by atoms with Crippen LogP contribution in [0.2, 0.25) is 0 Å². The minimum atomic E-state index is -4.02. The Kier molecular flexibility index (Phi) is 15.9. The minimum absolute atomic E-state index is 0.0666. The smallest absolute Gasteiger partial charge is 0.294 e. The van der Waals surface area contributed by atoms with E-state index in [1.807, 2.05) is 52.0 Å². The number of rotatable bonds is 10. The predicted octanol–water partition coefficient (Wildman–Crippen LogP) is 6.56. The second-order valence-corrected chi connectivity index (χ2v) is 17.4. The van der Waals surface area contributed by atoms with Crippen molar-refractivity contribution in [3.05, 3.63) is 167 Å². The minimum Gasteiger partial charge on any atom is -0.383 e. The van der Waals surface area contributed by atoms with Gasteiger partial charge in [-0.25, -0.2) is 0 Å². The van der Waals surface area contributed by atoms with Gasteiger partial charge in [-0.3, -0.25) is 29.5 Å². The summed E-state index contributed by atoms with van der Waals surface area (Å²) in [7, 11) is -8.04. The second-order valence-electron chi connectivity index (χ2n) is 14.5. The number of anilines is 4. The van der Waals surface area contributed by atoms with Crippen molar-refractivity contribution in [3.8, 4) is 22.3 Å². The predicted molar refractivity (Wildman–Crippen MR) is 252 cm³/mol. The van der Waals surface area contributed by atoms with Crippen LogP contribution in [-0.2, 0) is 33.3 Å². The fourth-order valence-corrected chi connectivity index (χ4v) is 7.00.